The summed E-state index contributed by atoms with van der Waals surface area (Å²) in [4.78, 5) is 26.0. The number of aromatic nitrogens is 3. The molecule has 1 aliphatic carbocycles. The third kappa shape index (κ3) is 3.10. The molecule has 0 unspecified atom stereocenters. The topological polar surface area (TPSA) is 59.8 Å². The van der Waals surface area contributed by atoms with E-state index in [1.165, 1.54) is 23.3 Å². The highest BCUT2D eigenvalue weighted by atomic mass is 35.5. The monoisotopic (exact) mass is 438 g/mol. The molecule has 5 nitrogen and oxygen atoms in total. The number of benzene rings is 1. The van der Waals surface area contributed by atoms with Crippen LogP contribution in [0.4, 0.5) is 5.95 Å². The lowest BCUT2D eigenvalue weighted by Crippen LogP contribution is -2.25. The molecule has 5 rings (SSSR count). The van der Waals surface area contributed by atoms with Gasteiger partial charge < -0.3 is 5.32 Å². The van der Waals surface area contributed by atoms with Gasteiger partial charge in [0.05, 0.1) is 22.3 Å². The first-order valence-electron chi connectivity index (χ1n) is 10.5. The molecule has 4 aromatic rings. The number of hydrogen-bond acceptors (Lipinski definition) is 5. The van der Waals surface area contributed by atoms with Crippen LogP contribution in [0.5, 0.6) is 0 Å². The molecule has 0 radical (unpaired) electrons. The fraction of sp³-hybridized carbons (Fsp3) is 0.348. The number of halogens is 1. The van der Waals surface area contributed by atoms with E-state index in [0.29, 0.717) is 16.4 Å². The second kappa shape index (κ2) is 7.67. The van der Waals surface area contributed by atoms with Gasteiger partial charge in [0.25, 0.3) is 5.56 Å². The summed E-state index contributed by atoms with van der Waals surface area (Å²) in [5.41, 5.74) is 3.51. The summed E-state index contributed by atoms with van der Waals surface area (Å²) >= 11 is 7.84. The summed E-state index contributed by atoms with van der Waals surface area (Å²) in [7, 11) is 0. The zero-order chi connectivity index (χ0) is 20.8. The number of hydrogen-bond donors (Lipinski definition) is 1. The fourth-order valence-corrected chi connectivity index (χ4v) is 5.73. The van der Waals surface area contributed by atoms with Crippen molar-refractivity contribution in [1.29, 1.82) is 0 Å². The molecule has 0 amide bonds. The third-order valence-corrected chi connectivity index (χ3v) is 7.16. The van der Waals surface area contributed by atoms with Gasteiger partial charge in [-0.1, -0.05) is 18.5 Å². The highest BCUT2D eigenvalue weighted by Gasteiger charge is 2.23. The molecule has 0 bridgehead atoms. The Balaban J connectivity index is 1.88. The zero-order valence-electron chi connectivity index (χ0n) is 17.1. The van der Waals surface area contributed by atoms with Crippen LogP contribution in [-0.2, 0) is 12.8 Å². The fourth-order valence-electron chi connectivity index (χ4n) is 4.30. The number of rotatable bonds is 4. The van der Waals surface area contributed by atoms with Crippen molar-refractivity contribution in [3.63, 3.8) is 0 Å². The molecule has 0 atom stereocenters. The van der Waals surface area contributed by atoms with Crippen LogP contribution in [0, 0.1) is 6.92 Å². The number of nitrogens with one attached hydrogen (secondary N) is 1. The van der Waals surface area contributed by atoms with Gasteiger partial charge >= 0.3 is 0 Å². The van der Waals surface area contributed by atoms with Crippen molar-refractivity contribution in [2.45, 2.75) is 46.0 Å². The molecule has 0 saturated carbocycles. The van der Waals surface area contributed by atoms with Crippen LogP contribution in [0.25, 0.3) is 26.8 Å². The van der Waals surface area contributed by atoms with Crippen LogP contribution in [0.2, 0.25) is 5.02 Å². The number of nitrogens with zero attached hydrogens (tertiary/aromatic N) is 3. The second-order valence-electron chi connectivity index (χ2n) is 7.79. The Kier molecular flexibility index (Phi) is 4.99. The van der Waals surface area contributed by atoms with Crippen LogP contribution in [0.15, 0.2) is 29.1 Å². The molecular weight excluding hydrogens is 416 g/mol. The molecule has 3 aromatic heterocycles. The van der Waals surface area contributed by atoms with Crippen molar-refractivity contribution in [2.75, 3.05) is 11.9 Å². The van der Waals surface area contributed by atoms with Gasteiger partial charge in [-0.05, 0) is 68.9 Å². The van der Waals surface area contributed by atoms with Crippen LogP contribution in [-0.4, -0.2) is 21.1 Å². The zero-order valence-corrected chi connectivity index (χ0v) is 18.7. The molecule has 0 saturated heterocycles. The minimum Gasteiger partial charge on any atom is -0.355 e. The number of pyridine rings is 1. The van der Waals surface area contributed by atoms with Gasteiger partial charge in [-0.15, -0.1) is 11.3 Å². The highest BCUT2D eigenvalue weighted by Crippen LogP contribution is 2.39. The largest absolute Gasteiger partial charge is 0.355 e. The average molecular weight is 439 g/mol. The third-order valence-electron chi connectivity index (χ3n) is 5.72. The first-order chi connectivity index (χ1) is 14.6. The molecule has 0 fully saturated rings. The Labute approximate surface area is 183 Å². The van der Waals surface area contributed by atoms with Gasteiger partial charge in [-0.2, -0.15) is 0 Å². The highest BCUT2D eigenvalue weighted by molar-refractivity contribution is 7.19. The van der Waals surface area contributed by atoms with E-state index in [4.69, 9.17) is 21.6 Å². The van der Waals surface area contributed by atoms with E-state index < -0.39 is 0 Å². The smallest absolute Gasteiger partial charge is 0.269 e. The molecular formula is C23H23ClN4OS. The number of fused-ring (bicyclic) bond motifs is 5. The number of aryl methyl sites for hydroxylation is 3. The molecule has 1 aromatic carbocycles. The minimum absolute atomic E-state index is 0.0939. The standard InChI is InChI=1S/C23H23ClN4OS/c1-3-12-25-23-27-20-18(22(29)28(23)15-10-8-14(24)9-11-15)13(2)26-21-19(20)16-6-4-5-7-17(16)30-21/h8-11H,3-7,12H2,1-2H3,(H,25,27). The van der Waals surface area contributed by atoms with Crippen LogP contribution in [0.1, 0.15) is 42.3 Å². The Morgan fingerprint density at radius 3 is 2.67 bits per heavy atom. The van der Waals surface area contributed by atoms with Crippen LogP contribution in [0.3, 0.4) is 0 Å². The Morgan fingerprint density at radius 2 is 1.90 bits per heavy atom. The predicted octanol–water partition coefficient (Wildman–Crippen LogP) is 5.66. The molecule has 3 heterocycles. The van der Waals surface area contributed by atoms with E-state index in [1.807, 2.05) is 19.1 Å². The lowest BCUT2D eigenvalue weighted by Gasteiger charge is -2.16. The lowest BCUT2D eigenvalue weighted by molar-refractivity contribution is 0.700. The summed E-state index contributed by atoms with van der Waals surface area (Å²) < 4.78 is 1.65. The van der Waals surface area contributed by atoms with Crippen molar-refractivity contribution in [3.8, 4) is 5.69 Å². The maximum Gasteiger partial charge on any atom is 0.269 e. The summed E-state index contributed by atoms with van der Waals surface area (Å²) in [6.07, 6.45) is 5.47. The van der Waals surface area contributed by atoms with Crippen molar-refractivity contribution < 1.29 is 0 Å². The van der Waals surface area contributed by atoms with Crippen LogP contribution >= 0.6 is 22.9 Å². The first-order valence-corrected chi connectivity index (χ1v) is 11.7. The van der Waals surface area contributed by atoms with Crippen molar-refractivity contribution in [1.82, 2.24) is 14.5 Å². The van der Waals surface area contributed by atoms with Gasteiger partial charge in [0.1, 0.15) is 4.83 Å². The summed E-state index contributed by atoms with van der Waals surface area (Å²) in [5.74, 6) is 0.569. The van der Waals surface area contributed by atoms with Gasteiger partial charge in [0, 0.05) is 21.8 Å². The van der Waals surface area contributed by atoms with E-state index >= 15 is 0 Å². The quantitative estimate of drug-likeness (QED) is 0.446. The summed E-state index contributed by atoms with van der Waals surface area (Å²) in [5, 5.41) is 5.68. The van der Waals surface area contributed by atoms with E-state index in [-0.39, 0.29) is 5.56 Å². The molecule has 0 aliphatic heterocycles. The average Bonchev–Trinajstić information content (AvgIpc) is 3.11. The minimum atomic E-state index is -0.0939. The first kappa shape index (κ1) is 19.5. The summed E-state index contributed by atoms with van der Waals surface area (Å²) in [6.45, 7) is 4.75. The van der Waals surface area contributed by atoms with E-state index in [2.05, 4.69) is 12.2 Å². The van der Waals surface area contributed by atoms with Gasteiger partial charge in [0.15, 0.2) is 0 Å². The Morgan fingerprint density at radius 1 is 1.13 bits per heavy atom. The molecule has 154 valence electrons. The van der Waals surface area contributed by atoms with Crippen molar-refractivity contribution >= 4 is 50.0 Å². The summed E-state index contributed by atoms with van der Waals surface area (Å²) in [6, 6.07) is 7.28. The second-order valence-corrected chi connectivity index (χ2v) is 9.31. The maximum atomic E-state index is 13.8. The molecule has 7 heteroatoms. The van der Waals surface area contributed by atoms with Crippen molar-refractivity contribution in [2.24, 2.45) is 0 Å². The Bertz CT molecular complexity index is 1320. The van der Waals surface area contributed by atoms with Gasteiger partial charge in [-0.3, -0.25) is 4.79 Å². The lowest BCUT2D eigenvalue weighted by atomic mass is 9.96. The maximum absolute atomic E-state index is 13.8. The normalized spacial score (nSPS) is 13.7. The molecule has 30 heavy (non-hydrogen) atoms. The van der Waals surface area contributed by atoms with E-state index in [9.17, 15) is 4.79 Å². The van der Waals surface area contributed by atoms with Gasteiger partial charge in [-0.25, -0.2) is 14.5 Å². The van der Waals surface area contributed by atoms with Crippen LogP contribution < -0.4 is 10.9 Å². The van der Waals surface area contributed by atoms with Gasteiger partial charge in [0.2, 0.25) is 5.95 Å². The predicted molar refractivity (Wildman–Crippen MR) is 126 cm³/mol. The van der Waals surface area contributed by atoms with E-state index in [0.717, 1.165) is 52.9 Å². The number of anilines is 1. The van der Waals surface area contributed by atoms with Crippen molar-refractivity contribution in [3.05, 3.63) is 55.8 Å². The molecule has 1 N–H and O–H groups in total. The molecule has 0 spiro atoms. The Hall–Kier alpha value is -2.44. The van der Waals surface area contributed by atoms with E-state index in [1.54, 1.807) is 28.0 Å². The SMILES string of the molecule is CCCNc1nc2c(c(C)nc3sc4c(c32)CCCC4)c(=O)n1-c1ccc(Cl)cc1. The number of thiophene rings is 1. The molecule has 1 aliphatic rings.